The predicted octanol–water partition coefficient (Wildman–Crippen LogP) is 3.45. The van der Waals surface area contributed by atoms with Crippen molar-refractivity contribution in [1.82, 2.24) is 0 Å². The van der Waals surface area contributed by atoms with Gasteiger partial charge in [0, 0.05) is 4.47 Å². The van der Waals surface area contributed by atoms with E-state index in [1.54, 1.807) is 11.4 Å². The Balaban J connectivity index is 1.99. The van der Waals surface area contributed by atoms with E-state index in [4.69, 9.17) is 10.5 Å². The van der Waals surface area contributed by atoms with Gasteiger partial charge < -0.3 is 10.5 Å². The van der Waals surface area contributed by atoms with Gasteiger partial charge in [-0.3, -0.25) is 0 Å². The van der Waals surface area contributed by atoms with Crippen molar-refractivity contribution in [1.29, 1.82) is 0 Å². The normalized spacial score (nSPS) is 10.2. The number of thiophene rings is 1. The number of anilines is 1. The van der Waals surface area contributed by atoms with Crippen LogP contribution in [-0.4, -0.2) is 5.97 Å². The molecule has 0 radical (unpaired) electrons. The Bertz CT molecular complexity index is 539. The maximum atomic E-state index is 11.7. The number of rotatable bonds is 3. The molecule has 2 aromatic rings. The Labute approximate surface area is 111 Å². The summed E-state index contributed by atoms with van der Waals surface area (Å²) in [5.74, 6) is -0.377. The lowest BCUT2D eigenvalue weighted by Gasteiger charge is -2.04. The van der Waals surface area contributed by atoms with Gasteiger partial charge in [-0.25, -0.2) is 4.79 Å². The molecule has 0 atom stereocenters. The van der Waals surface area contributed by atoms with Crippen molar-refractivity contribution < 1.29 is 9.53 Å². The van der Waals surface area contributed by atoms with Crippen molar-refractivity contribution >= 4 is 38.9 Å². The van der Waals surface area contributed by atoms with Crippen LogP contribution < -0.4 is 5.73 Å². The highest BCUT2D eigenvalue weighted by molar-refractivity contribution is 9.10. The molecule has 1 heterocycles. The molecule has 5 heteroatoms. The Morgan fingerprint density at radius 2 is 2.24 bits per heavy atom. The van der Waals surface area contributed by atoms with Crippen molar-refractivity contribution in [3.63, 3.8) is 0 Å². The minimum Gasteiger partial charge on any atom is -0.457 e. The first-order valence-electron chi connectivity index (χ1n) is 4.91. The fourth-order valence-electron chi connectivity index (χ4n) is 1.33. The number of nitrogens with two attached hydrogens (primary N) is 1. The minimum absolute atomic E-state index is 0.246. The molecule has 2 N–H and O–H groups in total. The van der Waals surface area contributed by atoms with E-state index < -0.39 is 0 Å². The number of halogens is 1. The monoisotopic (exact) mass is 311 g/mol. The van der Waals surface area contributed by atoms with Crippen molar-refractivity contribution in [2.75, 3.05) is 5.73 Å². The first kappa shape index (κ1) is 12.1. The summed E-state index contributed by atoms with van der Waals surface area (Å²) in [6, 6.07) is 9.32. The molecule has 1 aromatic carbocycles. The molecule has 0 saturated heterocycles. The molecular weight excluding hydrogens is 302 g/mol. The van der Waals surface area contributed by atoms with E-state index in [0.29, 0.717) is 10.6 Å². The van der Waals surface area contributed by atoms with E-state index in [0.717, 1.165) is 10.0 Å². The molecule has 0 saturated carbocycles. The number of hydrogen-bond acceptors (Lipinski definition) is 4. The second kappa shape index (κ2) is 5.33. The third-order valence-corrected chi connectivity index (χ3v) is 3.54. The molecule has 0 spiro atoms. The van der Waals surface area contributed by atoms with Crippen molar-refractivity contribution in [2.24, 2.45) is 0 Å². The topological polar surface area (TPSA) is 52.3 Å². The van der Waals surface area contributed by atoms with Crippen LogP contribution in [0.2, 0.25) is 0 Å². The second-order valence-corrected chi connectivity index (χ2v) is 5.24. The quantitative estimate of drug-likeness (QED) is 0.883. The number of esters is 1. The van der Waals surface area contributed by atoms with Gasteiger partial charge in [-0.1, -0.05) is 28.1 Å². The molecule has 2 rings (SSSR count). The number of ether oxygens (including phenoxy) is 1. The van der Waals surface area contributed by atoms with Gasteiger partial charge in [0.25, 0.3) is 0 Å². The fraction of sp³-hybridized carbons (Fsp3) is 0.0833. The number of carbonyl (C=O) groups is 1. The molecule has 3 nitrogen and oxygen atoms in total. The van der Waals surface area contributed by atoms with Crippen molar-refractivity contribution in [2.45, 2.75) is 6.61 Å². The highest BCUT2D eigenvalue weighted by atomic mass is 79.9. The Morgan fingerprint density at radius 1 is 1.41 bits per heavy atom. The van der Waals surface area contributed by atoms with Crippen LogP contribution in [0.4, 0.5) is 5.69 Å². The smallest absolute Gasteiger partial charge is 0.350 e. The van der Waals surface area contributed by atoms with E-state index in [1.165, 1.54) is 11.3 Å². The summed E-state index contributed by atoms with van der Waals surface area (Å²) in [6.07, 6.45) is 0. The molecule has 88 valence electrons. The lowest BCUT2D eigenvalue weighted by molar-refractivity contribution is 0.0479. The van der Waals surface area contributed by atoms with Crippen LogP contribution in [0.3, 0.4) is 0 Å². The highest BCUT2D eigenvalue weighted by Gasteiger charge is 2.12. The van der Waals surface area contributed by atoms with Gasteiger partial charge in [-0.15, -0.1) is 11.3 Å². The van der Waals surface area contributed by atoms with Gasteiger partial charge in [-0.2, -0.15) is 0 Å². The zero-order valence-corrected chi connectivity index (χ0v) is 11.3. The summed E-state index contributed by atoms with van der Waals surface area (Å²) in [7, 11) is 0. The molecule has 0 aliphatic heterocycles. The third kappa shape index (κ3) is 3.08. The van der Waals surface area contributed by atoms with Crippen LogP contribution in [0.1, 0.15) is 15.2 Å². The summed E-state index contributed by atoms with van der Waals surface area (Å²) in [4.78, 5) is 12.1. The number of benzene rings is 1. The Kier molecular flexibility index (Phi) is 3.81. The molecule has 17 heavy (non-hydrogen) atoms. The van der Waals surface area contributed by atoms with E-state index >= 15 is 0 Å². The van der Waals surface area contributed by atoms with E-state index in [1.807, 2.05) is 24.3 Å². The summed E-state index contributed by atoms with van der Waals surface area (Å²) in [5, 5.41) is 1.77. The lowest BCUT2D eigenvalue weighted by Crippen LogP contribution is -2.05. The van der Waals surface area contributed by atoms with Gasteiger partial charge in [0.15, 0.2) is 0 Å². The Hall–Kier alpha value is -1.33. The maximum Gasteiger partial charge on any atom is 0.350 e. The molecule has 0 aliphatic carbocycles. The van der Waals surface area contributed by atoms with Gasteiger partial charge in [-0.05, 0) is 29.1 Å². The molecule has 0 bridgehead atoms. The molecule has 0 aliphatic rings. The zero-order valence-electron chi connectivity index (χ0n) is 8.85. The van der Waals surface area contributed by atoms with Crippen LogP contribution in [0.15, 0.2) is 40.2 Å². The van der Waals surface area contributed by atoms with Gasteiger partial charge >= 0.3 is 5.97 Å². The summed E-state index contributed by atoms with van der Waals surface area (Å²) >= 11 is 4.65. The lowest BCUT2D eigenvalue weighted by atomic mass is 10.2. The van der Waals surface area contributed by atoms with Crippen LogP contribution in [0.5, 0.6) is 0 Å². The molecule has 1 aromatic heterocycles. The van der Waals surface area contributed by atoms with E-state index in [9.17, 15) is 4.79 Å². The molecule has 0 fully saturated rings. The van der Waals surface area contributed by atoms with Crippen molar-refractivity contribution in [3.8, 4) is 0 Å². The van der Waals surface area contributed by atoms with Crippen LogP contribution in [0.25, 0.3) is 0 Å². The van der Waals surface area contributed by atoms with Gasteiger partial charge in [0.2, 0.25) is 0 Å². The summed E-state index contributed by atoms with van der Waals surface area (Å²) in [5.41, 5.74) is 7.04. The number of carbonyl (C=O) groups excluding carboxylic acids is 1. The summed E-state index contributed by atoms with van der Waals surface area (Å²) < 4.78 is 6.14. The highest BCUT2D eigenvalue weighted by Crippen LogP contribution is 2.20. The van der Waals surface area contributed by atoms with E-state index in [2.05, 4.69) is 15.9 Å². The molecule has 0 unspecified atom stereocenters. The fourth-order valence-corrected chi connectivity index (χ4v) is 2.48. The minimum atomic E-state index is -0.377. The molecular formula is C12H10BrNO2S. The van der Waals surface area contributed by atoms with Gasteiger partial charge in [0.05, 0.1) is 5.69 Å². The third-order valence-electron chi connectivity index (χ3n) is 2.14. The Morgan fingerprint density at radius 3 is 2.88 bits per heavy atom. The standard InChI is InChI=1S/C12H10BrNO2S/c13-9-3-1-2-8(6-9)7-16-12(15)11-10(14)4-5-17-11/h1-6H,7,14H2. The van der Waals surface area contributed by atoms with Crippen LogP contribution >= 0.6 is 27.3 Å². The zero-order chi connectivity index (χ0) is 12.3. The van der Waals surface area contributed by atoms with Crippen LogP contribution in [-0.2, 0) is 11.3 Å². The first-order valence-corrected chi connectivity index (χ1v) is 6.58. The maximum absolute atomic E-state index is 11.7. The van der Waals surface area contributed by atoms with E-state index in [-0.39, 0.29) is 12.6 Å². The average molecular weight is 312 g/mol. The number of nitrogen functional groups attached to an aromatic ring is 1. The first-order chi connectivity index (χ1) is 8.16. The van der Waals surface area contributed by atoms with Gasteiger partial charge in [0.1, 0.15) is 11.5 Å². The average Bonchev–Trinajstić information content (AvgIpc) is 2.72. The molecule has 0 amide bonds. The van der Waals surface area contributed by atoms with Crippen molar-refractivity contribution in [3.05, 3.63) is 50.6 Å². The SMILES string of the molecule is Nc1ccsc1C(=O)OCc1cccc(Br)c1. The summed E-state index contributed by atoms with van der Waals surface area (Å²) in [6.45, 7) is 0.246. The largest absolute Gasteiger partial charge is 0.457 e. The predicted molar refractivity (Wildman–Crippen MR) is 72.0 cm³/mol. The number of hydrogen-bond donors (Lipinski definition) is 1. The second-order valence-electron chi connectivity index (χ2n) is 3.41. The van der Waals surface area contributed by atoms with Crippen LogP contribution in [0, 0.1) is 0 Å².